The van der Waals surface area contributed by atoms with Crippen LogP contribution in [0.5, 0.6) is 0 Å². The van der Waals surface area contributed by atoms with Gasteiger partial charge in [-0.3, -0.25) is 9.59 Å². The fraction of sp³-hybridized carbons (Fsp3) is 0.0556. The zero-order valence-corrected chi connectivity index (χ0v) is 12.1. The average Bonchev–Trinajstić information content (AvgIpc) is 2.57. The molecule has 1 heterocycles. The summed E-state index contributed by atoms with van der Waals surface area (Å²) < 4.78 is 5.48. The molecule has 1 amide bonds. The van der Waals surface area contributed by atoms with Crippen molar-refractivity contribution in [1.29, 1.82) is 5.26 Å². The van der Waals surface area contributed by atoms with Crippen LogP contribution >= 0.6 is 0 Å². The molecule has 0 fully saturated rings. The summed E-state index contributed by atoms with van der Waals surface area (Å²) >= 11 is 0. The number of carbonyl (C=O) groups is 1. The summed E-state index contributed by atoms with van der Waals surface area (Å²) in [4.78, 5) is 24.2. The van der Waals surface area contributed by atoms with Crippen LogP contribution in [0.1, 0.15) is 16.1 Å². The molecule has 0 radical (unpaired) electrons. The molecule has 0 spiro atoms. The monoisotopic (exact) mass is 304 g/mol. The van der Waals surface area contributed by atoms with E-state index in [1.54, 1.807) is 48.5 Å². The first kappa shape index (κ1) is 14.5. The Morgan fingerprint density at radius 1 is 1.13 bits per heavy atom. The number of hydrogen-bond donors (Lipinski definition) is 1. The van der Waals surface area contributed by atoms with E-state index in [1.165, 1.54) is 6.07 Å². The molecule has 0 bridgehead atoms. The molecule has 1 N–H and O–H groups in total. The predicted octanol–water partition coefficient (Wildman–Crippen LogP) is 3.11. The molecule has 0 saturated heterocycles. The Hall–Kier alpha value is -3.39. The third-order valence-electron chi connectivity index (χ3n) is 3.35. The molecule has 112 valence electrons. The highest BCUT2D eigenvalue weighted by Gasteiger charge is 2.12. The van der Waals surface area contributed by atoms with Crippen LogP contribution in [-0.4, -0.2) is 5.91 Å². The zero-order valence-electron chi connectivity index (χ0n) is 12.1. The lowest BCUT2D eigenvalue weighted by Crippen LogP contribution is -2.14. The van der Waals surface area contributed by atoms with E-state index >= 15 is 0 Å². The number of para-hydroxylation sites is 1. The third-order valence-corrected chi connectivity index (χ3v) is 3.35. The maximum absolute atomic E-state index is 12.2. The van der Waals surface area contributed by atoms with Crippen LogP contribution in [0.25, 0.3) is 11.0 Å². The van der Waals surface area contributed by atoms with Crippen molar-refractivity contribution in [2.75, 3.05) is 5.32 Å². The van der Waals surface area contributed by atoms with Crippen molar-refractivity contribution in [2.24, 2.45) is 0 Å². The largest absolute Gasteiger partial charge is 0.451 e. The maximum Gasteiger partial charge on any atom is 0.291 e. The molecule has 5 nitrogen and oxygen atoms in total. The summed E-state index contributed by atoms with van der Waals surface area (Å²) in [7, 11) is 0. The fourth-order valence-corrected chi connectivity index (χ4v) is 2.21. The molecule has 0 saturated carbocycles. The van der Waals surface area contributed by atoms with Gasteiger partial charge in [0.2, 0.25) is 0 Å². The number of nitriles is 1. The summed E-state index contributed by atoms with van der Waals surface area (Å²) in [6.07, 6.45) is 0.313. The fourth-order valence-electron chi connectivity index (χ4n) is 2.21. The van der Waals surface area contributed by atoms with Crippen LogP contribution < -0.4 is 10.7 Å². The Morgan fingerprint density at radius 3 is 2.61 bits per heavy atom. The number of amides is 1. The lowest BCUT2D eigenvalue weighted by atomic mass is 10.1. The van der Waals surface area contributed by atoms with Gasteiger partial charge in [0, 0.05) is 11.8 Å². The van der Waals surface area contributed by atoms with Gasteiger partial charge in [0.05, 0.1) is 17.9 Å². The van der Waals surface area contributed by atoms with Gasteiger partial charge in [-0.15, -0.1) is 0 Å². The lowest BCUT2D eigenvalue weighted by molar-refractivity contribution is 0.0997. The van der Waals surface area contributed by atoms with Gasteiger partial charge < -0.3 is 9.73 Å². The normalized spacial score (nSPS) is 10.2. The number of rotatable bonds is 3. The molecule has 0 aliphatic rings. The number of nitrogens with one attached hydrogen (secondary N) is 1. The molecule has 1 aromatic heterocycles. The van der Waals surface area contributed by atoms with Crippen LogP contribution in [-0.2, 0) is 6.42 Å². The van der Waals surface area contributed by atoms with Crippen molar-refractivity contribution in [3.63, 3.8) is 0 Å². The van der Waals surface area contributed by atoms with Crippen LogP contribution in [0.4, 0.5) is 5.69 Å². The second kappa shape index (κ2) is 6.16. The standard InChI is InChI=1S/C18H12N2O3/c19-10-9-12-5-7-13(8-6-12)20-18(22)17-11-15(21)14-3-1-2-4-16(14)23-17/h1-8,11H,9H2,(H,20,22). The topological polar surface area (TPSA) is 83.1 Å². The van der Waals surface area contributed by atoms with Crippen LogP contribution in [0.15, 0.2) is 63.8 Å². The minimum Gasteiger partial charge on any atom is -0.451 e. The number of anilines is 1. The van der Waals surface area contributed by atoms with Gasteiger partial charge in [0.1, 0.15) is 5.58 Å². The van der Waals surface area contributed by atoms with Crippen molar-refractivity contribution in [1.82, 2.24) is 0 Å². The first-order valence-corrected chi connectivity index (χ1v) is 6.97. The van der Waals surface area contributed by atoms with Gasteiger partial charge in [-0.1, -0.05) is 24.3 Å². The van der Waals surface area contributed by atoms with Gasteiger partial charge in [-0.2, -0.15) is 5.26 Å². The predicted molar refractivity (Wildman–Crippen MR) is 86.2 cm³/mol. The molecule has 3 rings (SSSR count). The summed E-state index contributed by atoms with van der Waals surface area (Å²) in [6, 6.07) is 16.9. The minimum atomic E-state index is -0.499. The quantitative estimate of drug-likeness (QED) is 0.806. The molecular formula is C18H12N2O3. The summed E-state index contributed by atoms with van der Waals surface area (Å²) in [5.74, 6) is -0.546. The molecule has 0 unspecified atom stereocenters. The second-order valence-electron chi connectivity index (χ2n) is 4.96. The van der Waals surface area contributed by atoms with Crippen molar-refractivity contribution in [2.45, 2.75) is 6.42 Å². The summed E-state index contributed by atoms with van der Waals surface area (Å²) in [5, 5.41) is 11.7. The third kappa shape index (κ3) is 3.11. The first-order chi connectivity index (χ1) is 11.2. The lowest BCUT2D eigenvalue weighted by Gasteiger charge is -2.06. The molecule has 3 aromatic rings. The van der Waals surface area contributed by atoms with Crippen molar-refractivity contribution in [3.05, 3.63) is 76.1 Å². The molecular weight excluding hydrogens is 292 g/mol. The molecule has 0 aliphatic heterocycles. The van der Waals surface area contributed by atoms with Gasteiger partial charge in [0.15, 0.2) is 11.2 Å². The molecule has 2 aromatic carbocycles. The molecule has 23 heavy (non-hydrogen) atoms. The van der Waals surface area contributed by atoms with Crippen LogP contribution in [0, 0.1) is 11.3 Å². The number of carbonyl (C=O) groups excluding carboxylic acids is 1. The first-order valence-electron chi connectivity index (χ1n) is 6.97. The smallest absolute Gasteiger partial charge is 0.291 e. The van der Waals surface area contributed by atoms with Crippen molar-refractivity contribution in [3.8, 4) is 6.07 Å². The zero-order chi connectivity index (χ0) is 16.2. The average molecular weight is 304 g/mol. The van der Waals surface area contributed by atoms with E-state index in [0.717, 1.165) is 5.56 Å². The summed E-state index contributed by atoms with van der Waals surface area (Å²) in [6.45, 7) is 0. The van der Waals surface area contributed by atoms with Crippen LogP contribution in [0.3, 0.4) is 0 Å². The Balaban J connectivity index is 1.86. The van der Waals surface area contributed by atoms with E-state index in [1.807, 2.05) is 0 Å². The Kier molecular flexibility index (Phi) is 3.89. The molecule has 5 heteroatoms. The Labute approximate surface area is 131 Å². The van der Waals surface area contributed by atoms with Crippen molar-refractivity contribution < 1.29 is 9.21 Å². The van der Waals surface area contributed by atoms with E-state index in [4.69, 9.17) is 9.68 Å². The highest BCUT2D eigenvalue weighted by atomic mass is 16.3. The number of hydrogen-bond acceptors (Lipinski definition) is 4. The van der Waals surface area contributed by atoms with E-state index in [9.17, 15) is 9.59 Å². The Bertz CT molecular complexity index is 966. The van der Waals surface area contributed by atoms with E-state index in [-0.39, 0.29) is 11.2 Å². The molecule has 0 aliphatic carbocycles. The highest BCUT2D eigenvalue weighted by Crippen LogP contribution is 2.14. The van der Waals surface area contributed by atoms with Crippen molar-refractivity contribution >= 4 is 22.6 Å². The molecule has 0 atom stereocenters. The number of fused-ring (bicyclic) bond motifs is 1. The van der Waals surface area contributed by atoms with E-state index < -0.39 is 5.91 Å². The van der Waals surface area contributed by atoms with E-state index in [0.29, 0.717) is 23.1 Å². The second-order valence-corrected chi connectivity index (χ2v) is 4.96. The van der Waals surface area contributed by atoms with E-state index in [2.05, 4.69) is 11.4 Å². The number of benzene rings is 2. The minimum absolute atomic E-state index is 0.0465. The maximum atomic E-state index is 12.2. The van der Waals surface area contributed by atoms with Gasteiger partial charge in [-0.05, 0) is 29.8 Å². The summed E-state index contributed by atoms with van der Waals surface area (Å²) in [5.41, 5.74) is 1.53. The van der Waals surface area contributed by atoms with Gasteiger partial charge in [0.25, 0.3) is 5.91 Å². The highest BCUT2D eigenvalue weighted by molar-refractivity contribution is 6.02. The van der Waals surface area contributed by atoms with Crippen LogP contribution in [0.2, 0.25) is 0 Å². The SMILES string of the molecule is N#CCc1ccc(NC(=O)c2cc(=O)c3ccccc3o2)cc1. The van der Waals surface area contributed by atoms with Gasteiger partial charge >= 0.3 is 0 Å². The number of nitrogens with zero attached hydrogens (tertiary/aromatic N) is 1. The van der Waals surface area contributed by atoms with Gasteiger partial charge in [-0.25, -0.2) is 0 Å². The Morgan fingerprint density at radius 2 is 1.87 bits per heavy atom.